The summed E-state index contributed by atoms with van der Waals surface area (Å²) in [6.07, 6.45) is 2.69. The summed E-state index contributed by atoms with van der Waals surface area (Å²) in [6.45, 7) is 7.86. The molecule has 2 aromatic heterocycles. The summed E-state index contributed by atoms with van der Waals surface area (Å²) in [7, 11) is 0. The molecule has 5 nitrogen and oxygen atoms in total. The SMILES string of the molecule is CCCn1c(CN(CC(C)C)C(=O)c2c(Cl)cc(Cl)cc2Cl)nc2cccnc21. The summed E-state index contributed by atoms with van der Waals surface area (Å²) >= 11 is 18.6. The van der Waals surface area contributed by atoms with Gasteiger partial charge in [-0.3, -0.25) is 4.79 Å². The van der Waals surface area contributed by atoms with Crippen molar-refractivity contribution in [2.45, 2.75) is 40.3 Å². The summed E-state index contributed by atoms with van der Waals surface area (Å²) in [5.74, 6) is 0.801. The number of fused-ring (bicyclic) bond motifs is 1. The second-order valence-electron chi connectivity index (χ2n) is 7.35. The van der Waals surface area contributed by atoms with Crippen molar-refractivity contribution in [2.75, 3.05) is 6.54 Å². The maximum Gasteiger partial charge on any atom is 0.257 e. The normalized spacial score (nSPS) is 11.4. The standard InChI is InChI=1S/C21H23Cl3N4O/c1-4-8-28-18(26-17-6-5-7-25-20(17)28)12-27(11-13(2)3)21(29)19-15(23)9-14(22)10-16(19)24/h5-7,9-10,13H,4,8,11-12H2,1-3H3. The minimum absolute atomic E-state index is 0.241. The average Bonchev–Trinajstić information content (AvgIpc) is 2.97. The smallest absolute Gasteiger partial charge is 0.257 e. The number of aryl methyl sites for hydroxylation is 1. The maximum absolute atomic E-state index is 13.4. The van der Waals surface area contributed by atoms with Crippen molar-refractivity contribution in [3.05, 3.63) is 56.9 Å². The number of halogens is 3. The van der Waals surface area contributed by atoms with Crippen LogP contribution in [0.4, 0.5) is 0 Å². The zero-order valence-corrected chi connectivity index (χ0v) is 18.9. The number of rotatable bonds is 7. The molecule has 0 bridgehead atoms. The van der Waals surface area contributed by atoms with Crippen molar-refractivity contribution < 1.29 is 4.79 Å². The molecule has 0 N–H and O–H groups in total. The Morgan fingerprint density at radius 3 is 2.52 bits per heavy atom. The molecule has 29 heavy (non-hydrogen) atoms. The van der Waals surface area contributed by atoms with E-state index in [2.05, 4.69) is 30.3 Å². The Morgan fingerprint density at radius 2 is 1.90 bits per heavy atom. The first-order valence-corrected chi connectivity index (χ1v) is 10.7. The Bertz CT molecular complexity index is 1010. The van der Waals surface area contributed by atoms with Crippen LogP contribution in [0.1, 0.15) is 43.4 Å². The van der Waals surface area contributed by atoms with Gasteiger partial charge in [-0.15, -0.1) is 0 Å². The number of hydrogen-bond donors (Lipinski definition) is 0. The highest BCUT2D eigenvalue weighted by molar-refractivity contribution is 6.42. The van der Waals surface area contributed by atoms with Gasteiger partial charge in [0.15, 0.2) is 5.65 Å². The van der Waals surface area contributed by atoms with Crippen LogP contribution in [0.3, 0.4) is 0 Å². The largest absolute Gasteiger partial charge is 0.331 e. The van der Waals surface area contributed by atoms with E-state index in [4.69, 9.17) is 39.8 Å². The first-order chi connectivity index (χ1) is 13.8. The third kappa shape index (κ3) is 4.85. The van der Waals surface area contributed by atoms with E-state index in [1.807, 2.05) is 12.1 Å². The van der Waals surface area contributed by atoms with Crippen molar-refractivity contribution >= 4 is 51.9 Å². The molecular formula is C21H23Cl3N4O. The van der Waals surface area contributed by atoms with Crippen molar-refractivity contribution in [2.24, 2.45) is 5.92 Å². The van der Waals surface area contributed by atoms with Gasteiger partial charge in [0, 0.05) is 24.3 Å². The molecule has 0 aliphatic heterocycles. The minimum Gasteiger partial charge on any atom is -0.331 e. The van der Waals surface area contributed by atoms with Gasteiger partial charge < -0.3 is 9.47 Å². The first kappa shape index (κ1) is 21.9. The lowest BCUT2D eigenvalue weighted by Gasteiger charge is -2.25. The lowest BCUT2D eigenvalue weighted by molar-refractivity contribution is 0.0716. The van der Waals surface area contributed by atoms with Crippen LogP contribution in [0.25, 0.3) is 11.2 Å². The second kappa shape index (κ2) is 9.33. The van der Waals surface area contributed by atoms with Gasteiger partial charge in [0.1, 0.15) is 11.3 Å². The molecule has 0 aliphatic carbocycles. The van der Waals surface area contributed by atoms with E-state index in [9.17, 15) is 4.79 Å². The van der Waals surface area contributed by atoms with E-state index in [0.717, 1.165) is 30.0 Å². The molecule has 0 unspecified atom stereocenters. The van der Waals surface area contributed by atoms with E-state index in [-0.39, 0.29) is 27.4 Å². The van der Waals surface area contributed by atoms with E-state index >= 15 is 0 Å². The van der Waals surface area contributed by atoms with Crippen LogP contribution in [-0.4, -0.2) is 31.9 Å². The highest BCUT2D eigenvalue weighted by Gasteiger charge is 2.25. The van der Waals surface area contributed by atoms with E-state index in [0.29, 0.717) is 18.1 Å². The number of carbonyl (C=O) groups excluding carboxylic acids is 1. The molecule has 0 radical (unpaired) electrons. The number of carbonyl (C=O) groups is 1. The van der Waals surface area contributed by atoms with Gasteiger partial charge in [0.25, 0.3) is 5.91 Å². The Kier molecular flexibility index (Phi) is 7.04. The van der Waals surface area contributed by atoms with Gasteiger partial charge in [0.2, 0.25) is 0 Å². The van der Waals surface area contributed by atoms with Crippen molar-refractivity contribution in [1.29, 1.82) is 0 Å². The third-order valence-corrected chi connectivity index (χ3v) is 5.27. The predicted molar refractivity (Wildman–Crippen MR) is 119 cm³/mol. The summed E-state index contributed by atoms with van der Waals surface area (Å²) in [5.41, 5.74) is 1.90. The molecule has 2 heterocycles. The number of benzene rings is 1. The number of hydrogen-bond acceptors (Lipinski definition) is 3. The molecule has 0 saturated carbocycles. The fourth-order valence-corrected chi connectivity index (χ4v) is 4.30. The van der Waals surface area contributed by atoms with Crippen LogP contribution in [0.5, 0.6) is 0 Å². The van der Waals surface area contributed by atoms with Gasteiger partial charge in [0.05, 0.1) is 22.2 Å². The molecular weight excluding hydrogens is 431 g/mol. The molecule has 154 valence electrons. The lowest BCUT2D eigenvalue weighted by atomic mass is 10.1. The quantitative estimate of drug-likeness (QED) is 0.434. The predicted octanol–water partition coefficient (Wildman–Crippen LogP) is 6.10. The molecule has 0 saturated heterocycles. The molecule has 3 rings (SSSR count). The Labute approximate surface area is 185 Å². The molecule has 0 spiro atoms. The molecule has 1 aromatic carbocycles. The molecule has 0 atom stereocenters. The molecule has 8 heteroatoms. The Balaban J connectivity index is 2.02. The molecule has 0 aliphatic rings. The molecule has 3 aromatic rings. The average molecular weight is 454 g/mol. The summed E-state index contributed by atoms with van der Waals surface area (Å²) in [5, 5.41) is 0.873. The third-order valence-electron chi connectivity index (χ3n) is 4.46. The topological polar surface area (TPSA) is 51.0 Å². The van der Waals surface area contributed by atoms with E-state index < -0.39 is 0 Å². The summed E-state index contributed by atoms with van der Waals surface area (Å²) < 4.78 is 2.07. The Morgan fingerprint density at radius 1 is 1.21 bits per heavy atom. The zero-order chi connectivity index (χ0) is 21.1. The second-order valence-corrected chi connectivity index (χ2v) is 8.60. The zero-order valence-electron chi connectivity index (χ0n) is 16.6. The highest BCUT2D eigenvalue weighted by Crippen LogP contribution is 2.31. The highest BCUT2D eigenvalue weighted by atomic mass is 35.5. The summed E-state index contributed by atoms with van der Waals surface area (Å²) in [6, 6.07) is 6.86. The van der Waals surface area contributed by atoms with Crippen molar-refractivity contribution in [3.8, 4) is 0 Å². The Hall–Kier alpha value is -1.82. The van der Waals surface area contributed by atoms with Crippen LogP contribution in [0.2, 0.25) is 15.1 Å². The van der Waals surface area contributed by atoms with Crippen LogP contribution in [-0.2, 0) is 13.1 Å². The number of pyridine rings is 1. The minimum atomic E-state index is -0.242. The number of amides is 1. The fourth-order valence-electron chi connectivity index (χ4n) is 3.32. The van der Waals surface area contributed by atoms with E-state index in [1.165, 1.54) is 12.1 Å². The maximum atomic E-state index is 13.4. The van der Waals surface area contributed by atoms with Gasteiger partial charge in [-0.1, -0.05) is 55.6 Å². The number of imidazole rings is 1. The molecule has 1 amide bonds. The van der Waals surface area contributed by atoms with Crippen molar-refractivity contribution in [1.82, 2.24) is 19.4 Å². The fraction of sp³-hybridized carbons (Fsp3) is 0.381. The van der Waals surface area contributed by atoms with Gasteiger partial charge in [-0.2, -0.15) is 0 Å². The lowest BCUT2D eigenvalue weighted by Crippen LogP contribution is -2.35. The van der Waals surface area contributed by atoms with Gasteiger partial charge in [-0.25, -0.2) is 9.97 Å². The first-order valence-electron chi connectivity index (χ1n) is 9.55. The monoisotopic (exact) mass is 452 g/mol. The number of nitrogens with zero attached hydrogens (tertiary/aromatic N) is 4. The van der Waals surface area contributed by atoms with E-state index in [1.54, 1.807) is 11.1 Å². The van der Waals surface area contributed by atoms with Crippen LogP contribution >= 0.6 is 34.8 Å². The number of aromatic nitrogens is 3. The van der Waals surface area contributed by atoms with Crippen LogP contribution in [0.15, 0.2) is 30.5 Å². The van der Waals surface area contributed by atoms with Gasteiger partial charge >= 0.3 is 0 Å². The van der Waals surface area contributed by atoms with Crippen molar-refractivity contribution in [3.63, 3.8) is 0 Å². The van der Waals surface area contributed by atoms with Gasteiger partial charge in [-0.05, 0) is 36.6 Å². The van der Waals surface area contributed by atoms with Crippen LogP contribution in [0, 0.1) is 5.92 Å². The van der Waals surface area contributed by atoms with Crippen LogP contribution < -0.4 is 0 Å². The summed E-state index contributed by atoms with van der Waals surface area (Å²) in [4.78, 5) is 24.3. The molecule has 0 fully saturated rings.